The summed E-state index contributed by atoms with van der Waals surface area (Å²) in [5, 5.41) is 11.4. The molecule has 0 bridgehead atoms. The highest BCUT2D eigenvalue weighted by Crippen LogP contribution is 2.18. The van der Waals surface area contributed by atoms with Crippen molar-refractivity contribution in [2.75, 3.05) is 23.8 Å². The second-order valence-corrected chi connectivity index (χ2v) is 8.22. The van der Waals surface area contributed by atoms with Crippen LogP contribution in [0.2, 0.25) is 0 Å². The van der Waals surface area contributed by atoms with E-state index < -0.39 is 0 Å². The topological polar surface area (TPSA) is 100 Å². The Morgan fingerprint density at radius 2 is 1.53 bits per heavy atom. The normalized spacial score (nSPS) is 12.6. The summed E-state index contributed by atoms with van der Waals surface area (Å²) < 4.78 is 5.40. The summed E-state index contributed by atoms with van der Waals surface area (Å²) in [6.07, 6.45) is 0.811. The lowest BCUT2D eigenvalue weighted by Gasteiger charge is -2.11. The first-order valence-corrected chi connectivity index (χ1v) is 11.9. The van der Waals surface area contributed by atoms with Crippen LogP contribution >= 0.6 is 0 Å². The Kier molecular flexibility index (Phi) is 8.08. The van der Waals surface area contributed by atoms with Gasteiger partial charge in [0.1, 0.15) is 5.75 Å². The molecule has 0 saturated carbocycles. The van der Waals surface area contributed by atoms with Gasteiger partial charge in [-0.05, 0) is 61.0 Å². The largest absolute Gasteiger partial charge is 0.494 e. The van der Waals surface area contributed by atoms with Gasteiger partial charge in [0.05, 0.1) is 18.9 Å². The van der Waals surface area contributed by atoms with Crippen LogP contribution in [0.25, 0.3) is 0 Å². The van der Waals surface area contributed by atoms with Crippen molar-refractivity contribution in [3.8, 4) is 5.75 Å². The number of hydrogen-bond acceptors (Lipinski definition) is 5. The maximum atomic E-state index is 12.5. The van der Waals surface area contributed by atoms with E-state index >= 15 is 0 Å². The lowest BCUT2D eigenvalue weighted by molar-refractivity contribution is -0.132. The third-order valence-electron chi connectivity index (χ3n) is 5.62. The van der Waals surface area contributed by atoms with Crippen LogP contribution < -0.4 is 15.4 Å². The van der Waals surface area contributed by atoms with Gasteiger partial charge in [-0.25, -0.2) is 5.01 Å². The van der Waals surface area contributed by atoms with Gasteiger partial charge in [0.15, 0.2) is 0 Å². The number of carbonyl (C=O) groups is 3. The fourth-order valence-electron chi connectivity index (χ4n) is 3.75. The van der Waals surface area contributed by atoms with Gasteiger partial charge in [-0.3, -0.25) is 14.4 Å². The maximum absolute atomic E-state index is 12.5. The number of ether oxygens (including phenoxy) is 1. The van der Waals surface area contributed by atoms with Gasteiger partial charge in [-0.2, -0.15) is 5.10 Å². The molecule has 0 fully saturated rings. The molecule has 0 atom stereocenters. The van der Waals surface area contributed by atoms with Crippen LogP contribution in [0.15, 0.2) is 84.0 Å². The molecule has 0 aromatic heterocycles. The van der Waals surface area contributed by atoms with E-state index in [1.807, 2.05) is 37.3 Å². The van der Waals surface area contributed by atoms with Gasteiger partial charge in [0.2, 0.25) is 11.8 Å². The first-order valence-electron chi connectivity index (χ1n) is 11.9. The number of nitrogens with zero attached hydrogens (tertiary/aromatic N) is 2. The molecular formula is C28H28N4O4. The Bertz CT molecular complexity index is 1240. The molecule has 3 amide bonds. The molecule has 8 heteroatoms. The fourth-order valence-corrected chi connectivity index (χ4v) is 3.75. The smallest absolute Gasteiger partial charge is 0.255 e. The number of rotatable bonds is 9. The molecule has 0 saturated heterocycles. The van der Waals surface area contributed by atoms with Crippen molar-refractivity contribution in [2.24, 2.45) is 5.10 Å². The monoisotopic (exact) mass is 484 g/mol. The zero-order chi connectivity index (χ0) is 25.3. The Morgan fingerprint density at radius 1 is 0.861 bits per heavy atom. The number of anilines is 2. The molecule has 0 spiro atoms. The quantitative estimate of drug-likeness (QED) is 0.460. The molecule has 3 aromatic rings. The van der Waals surface area contributed by atoms with Gasteiger partial charge in [-0.15, -0.1) is 0 Å². The predicted molar refractivity (Wildman–Crippen MR) is 139 cm³/mol. The minimum absolute atomic E-state index is 0.0471. The minimum atomic E-state index is -0.276. The lowest BCUT2D eigenvalue weighted by atomic mass is 10.1. The van der Waals surface area contributed by atoms with E-state index in [-0.39, 0.29) is 30.6 Å². The van der Waals surface area contributed by atoms with Crippen molar-refractivity contribution in [3.05, 3.63) is 90.0 Å². The van der Waals surface area contributed by atoms with Crippen LogP contribution in [0.3, 0.4) is 0 Å². The van der Waals surface area contributed by atoms with Gasteiger partial charge in [0.25, 0.3) is 5.91 Å². The van der Waals surface area contributed by atoms with Gasteiger partial charge in [0, 0.05) is 36.2 Å². The van der Waals surface area contributed by atoms with E-state index in [1.165, 1.54) is 5.01 Å². The molecular weight excluding hydrogens is 456 g/mol. The SMILES string of the molecule is CCOc1ccc(NC(=O)c2ccc(NC(=O)CCC(=O)N3CCC(c4ccccc4)=N3)cc2)cc1. The second-order valence-electron chi connectivity index (χ2n) is 8.22. The zero-order valence-electron chi connectivity index (χ0n) is 20.1. The zero-order valence-corrected chi connectivity index (χ0v) is 20.1. The summed E-state index contributed by atoms with van der Waals surface area (Å²) in [7, 11) is 0. The van der Waals surface area contributed by atoms with Crippen LogP contribution in [0.4, 0.5) is 11.4 Å². The van der Waals surface area contributed by atoms with Crippen molar-refractivity contribution in [1.82, 2.24) is 5.01 Å². The van der Waals surface area contributed by atoms with Gasteiger partial charge < -0.3 is 15.4 Å². The van der Waals surface area contributed by atoms with Gasteiger partial charge >= 0.3 is 0 Å². The number of benzene rings is 3. The predicted octanol–water partition coefficient (Wildman–Crippen LogP) is 4.69. The van der Waals surface area contributed by atoms with E-state index in [0.29, 0.717) is 36.5 Å². The Balaban J connectivity index is 1.23. The molecule has 3 aromatic carbocycles. The molecule has 2 N–H and O–H groups in total. The van der Waals surface area contributed by atoms with Crippen LogP contribution in [-0.4, -0.2) is 41.6 Å². The first-order chi connectivity index (χ1) is 17.5. The van der Waals surface area contributed by atoms with Crippen LogP contribution in [-0.2, 0) is 9.59 Å². The number of hydrogen-bond donors (Lipinski definition) is 2. The highest BCUT2D eigenvalue weighted by molar-refractivity contribution is 6.05. The summed E-state index contributed by atoms with van der Waals surface area (Å²) in [4.78, 5) is 37.3. The minimum Gasteiger partial charge on any atom is -0.494 e. The summed E-state index contributed by atoms with van der Waals surface area (Å²) >= 11 is 0. The fraction of sp³-hybridized carbons (Fsp3) is 0.214. The van der Waals surface area contributed by atoms with E-state index in [9.17, 15) is 14.4 Å². The lowest BCUT2D eigenvalue weighted by Crippen LogP contribution is -2.25. The molecule has 1 aliphatic heterocycles. The van der Waals surface area contributed by atoms with Crippen molar-refractivity contribution in [2.45, 2.75) is 26.2 Å². The molecule has 0 unspecified atom stereocenters. The van der Waals surface area contributed by atoms with Crippen LogP contribution in [0.1, 0.15) is 42.1 Å². The molecule has 0 radical (unpaired) electrons. The van der Waals surface area contributed by atoms with E-state index in [0.717, 1.165) is 17.0 Å². The second kappa shape index (κ2) is 11.8. The standard InChI is InChI=1S/C28H28N4O4/c1-2-36-24-14-12-23(13-15-24)30-28(35)21-8-10-22(11-9-21)29-26(33)16-17-27(34)32-19-18-25(31-32)20-6-4-3-5-7-20/h3-15H,2,16-19H2,1H3,(H,29,33)(H,30,35). The molecule has 1 heterocycles. The molecule has 1 aliphatic rings. The van der Waals surface area contributed by atoms with Crippen molar-refractivity contribution in [3.63, 3.8) is 0 Å². The summed E-state index contributed by atoms with van der Waals surface area (Å²) in [5.41, 5.74) is 3.54. The molecule has 4 rings (SSSR count). The number of amides is 3. The van der Waals surface area contributed by atoms with E-state index in [1.54, 1.807) is 48.5 Å². The van der Waals surface area contributed by atoms with E-state index in [4.69, 9.17) is 4.74 Å². The summed E-state index contributed by atoms with van der Waals surface area (Å²) in [6, 6.07) is 23.5. The van der Waals surface area contributed by atoms with Crippen molar-refractivity contribution >= 4 is 34.8 Å². The summed E-state index contributed by atoms with van der Waals surface area (Å²) in [6.45, 7) is 3.00. The molecule has 0 aliphatic carbocycles. The number of hydrazone groups is 1. The Morgan fingerprint density at radius 3 is 2.22 bits per heavy atom. The average molecular weight is 485 g/mol. The highest BCUT2D eigenvalue weighted by Gasteiger charge is 2.22. The Labute approximate surface area is 210 Å². The van der Waals surface area contributed by atoms with Crippen molar-refractivity contribution < 1.29 is 19.1 Å². The van der Waals surface area contributed by atoms with Crippen molar-refractivity contribution in [1.29, 1.82) is 0 Å². The highest BCUT2D eigenvalue weighted by atomic mass is 16.5. The first kappa shape index (κ1) is 24.7. The third-order valence-corrected chi connectivity index (χ3v) is 5.62. The van der Waals surface area contributed by atoms with Gasteiger partial charge in [-0.1, -0.05) is 30.3 Å². The molecule has 36 heavy (non-hydrogen) atoms. The third kappa shape index (κ3) is 6.56. The van der Waals surface area contributed by atoms with Crippen LogP contribution in [0.5, 0.6) is 5.75 Å². The summed E-state index contributed by atoms with van der Waals surface area (Å²) in [5.74, 6) is 0.0184. The molecule has 184 valence electrons. The average Bonchev–Trinajstić information content (AvgIpc) is 3.40. The Hall–Kier alpha value is -4.46. The number of carbonyl (C=O) groups excluding carboxylic acids is 3. The number of nitrogens with one attached hydrogen (secondary N) is 2. The van der Waals surface area contributed by atoms with E-state index in [2.05, 4.69) is 15.7 Å². The maximum Gasteiger partial charge on any atom is 0.255 e. The van der Waals surface area contributed by atoms with Crippen LogP contribution in [0, 0.1) is 0 Å². The molecule has 8 nitrogen and oxygen atoms in total.